The topological polar surface area (TPSA) is 143 Å². The van der Waals surface area contributed by atoms with Crippen LogP contribution in [0.1, 0.15) is 22.1 Å². The van der Waals surface area contributed by atoms with Crippen molar-refractivity contribution in [1.82, 2.24) is 19.5 Å². The number of anilines is 1. The Hall–Kier alpha value is -2.92. The standard InChI is InChI=1S/C18H19N5O5/c24-6-11-3-1-2-10(4-11)5-19-16-13-17(21-8-20-16)23(9-22-13)18-15(27)14(26)12(7-25)28-18/h1-4,6,8-9,12,14-15,18,25-27H,5,7H2,(H,19,20,21)/t12-,14-,15-,18?/m1/s1. The quantitative estimate of drug-likeness (QED) is 0.426. The molecule has 10 nitrogen and oxygen atoms in total. The Morgan fingerprint density at radius 1 is 1.21 bits per heavy atom. The molecule has 4 rings (SSSR count). The summed E-state index contributed by atoms with van der Waals surface area (Å²) in [6, 6.07) is 7.18. The van der Waals surface area contributed by atoms with Gasteiger partial charge in [0.2, 0.25) is 0 Å². The highest BCUT2D eigenvalue weighted by Crippen LogP contribution is 2.32. The summed E-state index contributed by atoms with van der Waals surface area (Å²) in [7, 11) is 0. The summed E-state index contributed by atoms with van der Waals surface area (Å²) >= 11 is 0. The number of carbonyl (C=O) groups excluding carboxylic acids is 1. The van der Waals surface area contributed by atoms with Crippen molar-refractivity contribution in [2.45, 2.75) is 31.1 Å². The highest BCUT2D eigenvalue weighted by molar-refractivity contribution is 5.82. The maximum atomic E-state index is 10.9. The number of aldehydes is 1. The van der Waals surface area contributed by atoms with Crippen LogP contribution in [-0.4, -0.2) is 66.0 Å². The maximum absolute atomic E-state index is 10.9. The van der Waals surface area contributed by atoms with E-state index < -0.39 is 31.1 Å². The van der Waals surface area contributed by atoms with E-state index in [9.17, 15) is 20.1 Å². The van der Waals surface area contributed by atoms with Crippen molar-refractivity contribution in [2.24, 2.45) is 0 Å². The lowest BCUT2D eigenvalue weighted by molar-refractivity contribution is -0.0511. The van der Waals surface area contributed by atoms with Gasteiger partial charge in [0.25, 0.3) is 0 Å². The molecule has 4 N–H and O–H groups in total. The minimum atomic E-state index is -1.23. The van der Waals surface area contributed by atoms with E-state index in [2.05, 4.69) is 20.3 Å². The number of rotatable bonds is 6. The lowest BCUT2D eigenvalue weighted by Gasteiger charge is -2.16. The molecule has 1 unspecified atom stereocenters. The monoisotopic (exact) mass is 385 g/mol. The largest absolute Gasteiger partial charge is 0.394 e. The number of nitrogens with zero attached hydrogens (tertiary/aromatic N) is 4. The minimum absolute atomic E-state index is 0.411. The molecular formula is C18H19N5O5. The third-order valence-electron chi connectivity index (χ3n) is 4.70. The molecule has 3 aromatic rings. The van der Waals surface area contributed by atoms with Crippen molar-refractivity contribution in [2.75, 3.05) is 11.9 Å². The normalized spacial score (nSPS) is 24.5. The molecule has 1 saturated heterocycles. The molecule has 0 bridgehead atoms. The van der Waals surface area contributed by atoms with Crippen molar-refractivity contribution >= 4 is 23.3 Å². The number of imidazole rings is 1. The van der Waals surface area contributed by atoms with Crippen molar-refractivity contribution in [3.63, 3.8) is 0 Å². The first-order chi connectivity index (χ1) is 13.6. The van der Waals surface area contributed by atoms with E-state index in [0.717, 1.165) is 11.8 Å². The number of hydrogen-bond acceptors (Lipinski definition) is 9. The number of nitrogens with one attached hydrogen (secondary N) is 1. The molecule has 0 saturated carbocycles. The molecule has 0 aliphatic carbocycles. The maximum Gasteiger partial charge on any atom is 0.167 e. The molecule has 146 valence electrons. The molecule has 4 atom stereocenters. The fourth-order valence-electron chi connectivity index (χ4n) is 3.24. The van der Waals surface area contributed by atoms with Crippen LogP contribution in [0.25, 0.3) is 11.2 Å². The average Bonchev–Trinajstić information content (AvgIpc) is 3.28. The van der Waals surface area contributed by atoms with Crippen LogP contribution < -0.4 is 5.32 Å². The first kappa shape index (κ1) is 18.4. The second-order valence-electron chi connectivity index (χ2n) is 6.49. The van der Waals surface area contributed by atoms with E-state index in [4.69, 9.17) is 4.74 Å². The first-order valence-electron chi connectivity index (χ1n) is 8.70. The first-order valence-corrected chi connectivity index (χ1v) is 8.70. The molecule has 28 heavy (non-hydrogen) atoms. The van der Waals surface area contributed by atoms with Crippen LogP contribution in [0.3, 0.4) is 0 Å². The second kappa shape index (κ2) is 7.60. The zero-order valence-corrected chi connectivity index (χ0v) is 14.7. The number of aliphatic hydroxyl groups excluding tert-OH is 3. The lowest BCUT2D eigenvalue weighted by atomic mass is 10.1. The SMILES string of the molecule is O=Cc1cccc(CNc2ncnc3c2ncn3C2O[C@H](CO)[C@@H](O)[C@H]2O)c1. The van der Waals surface area contributed by atoms with Crippen LogP contribution in [0.15, 0.2) is 36.9 Å². The summed E-state index contributed by atoms with van der Waals surface area (Å²) in [6.07, 6.45) is -0.672. The number of aromatic nitrogens is 4. The molecule has 1 fully saturated rings. The Morgan fingerprint density at radius 3 is 2.82 bits per heavy atom. The second-order valence-corrected chi connectivity index (χ2v) is 6.49. The van der Waals surface area contributed by atoms with Gasteiger partial charge in [-0.05, 0) is 11.6 Å². The number of aliphatic hydroxyl groups is 3. The van der Waals surface area contributed by atoms with Gasteiger partial charge >= 0.3 is 0 Å². The van der Waals surface area contributed by atoms with Gasteiger partial charge in [0.15, 0.2) is 23.2 Å². The summed E-state index contributed by atoms with van der Waals surface area (Å²) < 4.78 is 7.04. The molecule has 1 aliphatic rings. The van der Waals surface area contributed by atoms with Gasteiger partial charge in [-0.15, -0.1) is 0 Å². The molecule has 0 spiro atoms. The van der Waals surface area contributed by atoms with Gasteiger partial charge in [0, 0.05) is 12.1 Å². The van der Waals surface area contributed by atoms with Gasteiger partial charge < -0.3 is 25.4 Å². The Balaban J connectivity index is 1.59. The third kappa shape index (κ3) is 3.22. The predicted octanol–water partition coefficient (Wildman–Crippen LogP) is -0.138. The summed E-state index contributed by atoms with van der Waals surface area (Å²) in [4.78, 5) is 23.6. The minimum Gasteiger partial charge on any atom is -0.394 e. The molecule has 10 heteroatoms. The van der Waals surface area contributed by atoms with Crippen LogP contribution in [0.4, 0.5) is 5.82 Å². The third-order valence-corrected chi connectivity index (χ3v) is 4.70. The van der Waals surface area contributed by atoms with E-state index >= 15 is 0 Å². The molecule has 1 aliphatic heterocycles. The van der Waals surface area contributed by atoms with Crippen molar-refractivity contribution in [3.05, 3.63) is 48.0 Å². The molecular weight excluding hydrogens is 366 g/mol. The number of benzene rings is 1. The number of fused-ring (bicyclic) bond motifs is 1. The van der Waals surface area contributed by atoms with E-state index in [1.807, 2.05) is 6.07 Å². The van der Waals surface area contributed by atoms with E-state index in [-0.39, 0.29) is 0 Å². The van der Waals surface area contributed by atoms with E-state index in [1.165, 1.54) is 17.2 Å². The van der Waals surface area contributed by atoms with Gasteiger partial charge in [-0.2, -0.15) is 0 Å². The zero-order valence-electron chi connectivity index (χ0n) is 14.7. The summed E-state index contributed by atoms with van der Waals surface area (Å²) in [5.41, 5.74) is 2.36. The fourth-order valence-corrected chi connectivity index (χ4v) is 3.24. The Morgan fingerprint density at radius 2 is 2.07 bits per heavy atom. The van der Waals surface area contributed by atoms with Gasteiger partial charge in [-0.25, -0.2) is 15.0 Å². The molecule has 1 aromatic carbocycles. The summed E-state index contributed by atoms with van der Waals surface area (Å²) in [5.74, 6) is 0.479. The van der Waals surface area contributed by atoms with Crippen LogP contribution in [-0.2, 0) is 11.3 Å². The van der Waals surface area contributed by atoms with Gasteiger partial charge in [-0.1, -0.05) is 18.2 Å². The number of hydrogen-bond donors (Lipinski definition) is 4. The van der Waals surface area contributed by atoms with Gasteiger partial charge in [-0.3, -0.25) is 9.36 Å². The molecule has 0 amide bonds. The molecule has 2 aromatic heterocycles. The number of ether oxygens (including phenoxy) is 1. The zero-order chi connectivity index (χ0) is 19.7. The average molecular weight is 385 g/mol. The molecule has 3 heterocycles. The van der Waals surface area contributed by atoms with Crippen LogP contribution >= 0.6 is 0 Å². The Kier molecular flexibility index (Phi) is 5.01. The lowest BCUT2D eigenvalue weighted by Crippen LogP contribution is -2.33. The summed E-state index contributed by atoms with van der Waals surface area (Å²) in [6.45, 7) is 0.0114. The predicted molar refractivity (Wildman–Crippen MR) is 97.5 cm³/mol. The van der Waals surface area contributed by atoms with Gasteiger partial charge in [0.05, 0.1) is 12.9 Å². The van der Waals surface area contributed by atoms with Crippen molar-refractivity contribution in [1.29, 1.82) is 0 Å². The van der Waals surface area contributed by atoms with E-state index in [1.54, 1.807) is 18.2 Å². The summed E-state index contributed by atoms with van der Waals surface area (Å²) in [5, 5.41) is 32.6. The highest BCUT2D eigenvalue weighted by Gasteiger charge is 2.44. The Bertz CT molecular complexity index is 993. The van der Waals surface area contributed by atoms with Crippen molar-refractivity contribution < 1.29 is 24.9 Å². The highest BCUT2D eigenvalue weighted by atomic mass is 16.6. The van der Waals surface area contributed by atoms with Crippen LogP contribution in [0, 0.1) is 0 Å². The van der Waals surface area contributed by atoms with Crippen LogP contribution in [0.2, 0.25) is 0 Å². The van der Waals surface area contributed by atoms with Gasteiger partial charge in [0.1, 0.15) is 30.9 Å². The molecule has 0 radical (unpaired) electrons. The smallest absolute Gasteiger partial charge is 0.167 e. The number of carbonyl (C=O) groups is 1. The van der Waals surface area contributed by atoms with Crippen molar-refractivity contribution in [3.8, 4) is 0 Å². The fraction of sp³-hybridized carbons (Fsp3) is 0.333. The van der Waals surface area contributed by atoms with E-state index in [0.29, 0.717) is 29.1 Å². The Labute approximate surface area is 159 Å². The van der Waals surface area contributed by atoms with Crippen LogP contribution in [0.5, 0.6) is 0 Å².